The third kappa shape index (κ3) is 4.45. The summed E-state index contributed by atoms with van der Waals surface area (Å²) in [5.41, 5.74) is 1.62. The van der Waals surface area contributed by atoms with Crippen LogP contribution in [0.3, 0.4) is 0 Å². The molecule has 0 atom stereocenters. The van der Waals surface area contributed by atoms with Crippen molar-refractivity contribution in [3.8, 4) is 23.2 Å². The normalized spacial score (nSPS) is 10.5. The molecular weight excluding hydrogens is 376 g/mol. The van der Waals surface area contributed by atoms with Gasteiger partial charge in [-0.15, -0.1) is 10.2 Å². The summed E-state index contributed by atoms with van der Waals surface area (Å²) in [4.78, 5) is 12.6. The van der Waals surface area contributed by atoms with E-state index in [9.17, 15) is 4.79 Å². The van der Waals surface area contributed by atoms with Gasteiger partial charge in [-0.2, -0.15) is 5.10 Å². The summed E-state index contributed by atoms with van der Waals surface area (Å²) in [7, 11) is 3.12. The number of carbonyl (C=O) groups excluding carboxylic acids is 1. The van der Waals surface area contributed by atoms with Crippen molar-refractivity contribution >= 4 is 5.97 Å². The summed E-state index contributed by atoms with van der Waals surface area (Å²) in [6, 6.07) is 8.71. The molecular formula is C20H22N4O5. The van der Waals surface area contributed by atoms with E-state index in [4.69, 9.17) is 18.9 Å². The molecule has 0 saturated carbocycles. The van der Waals surface area contributed by atoms with Crippen molar-refractivity contribution in [2.45, 2.75) is 20.5 Å². The minimum Gasteiger partial charge on any atom is -0.497 e. The van der Waals surface area contributed by atoms with Crippen LogP contribution in [0.25, 0.3) is 5.82 Å². The topological polar surface area (TPSA) is 97.6 Å². The number of rotatable bonds is 8. The molecule has 2 heterocycles. The van der Waals surface area contributed by atoms with E-state index >= 15 is 0 Å². The van der Waals surface area contributed by atoms with Crippen LogP contribution in [-0.2, 0) is 11.3 Å². The Balaban J connectivity index is 1.74. The molecule has 0 bridgehead atoms. The van der Waals surface area contributed by atoms with Crippen LogP contribution in [0.15, 0.2) is 36.5 Å². The molecule has 0 unspecified atom stereocenters. The molecule has 2 aromatic heterocycles. The number of hydrogen-bond acceptors (Lipinski definition) is 8. The molecule has 0 aliphatic carbocycles. The Morgan fingerprint density at radius 2 is 1.93 bits per heavy atom. The van der Waals surface area contributed by atoms with Gasteiger partial charge in [0.1, 0.15) is 23.7 Å². The number of carbonyl (C=O) groups is 1. The number of nitrogens with zero attached hydrogens (tertiary/aromatic N) is 4. The van der Waals surface area contributed by atoms with Gasteiger partial charge in [0.2, 0.25) is 5.88 Å². The first-order chi connectivity index (χ1) is 14.1. The Kier molecular flexibility index (Phi) is 6.28. The number of methoxy groups -OCH3 is 2. The molecule has 0 amide bonds. The van der Waals surface area contributed by atoms with Crippen molar-refractivity contribution in [2.75, 3.05) is 20.8 Å². The van der Waals surface area contributed by atoms with Gasteiger partial charge in [0.25, 0.3) is 0 Å². The Labute approximate surface area is 168 Å². The molecule has 3 rings (SSSR count). The van der Waals surface area contributed by atoms with Crippen molar-refractivity contribution in [1.82, 2.24) is 20.0 Å². The van der Waals surface area contributed by atoms with Crippen molar-refractivity contribution in [3.63, 3.8) is 0 Å². The lowest BCUT2D eigenvalue weighted by Crippen LogP contribution is -2.09. The molecule has 1 aromatic carbocycles. The van der Waals surface area contributed by atoms with Crippen molar-refractivity contribution in [2.24, 2.45) is 0 Å². The van der Waals surface area contributed by atoms with E-state index in [2.05, 4.69) is 15.3 Å². The molecule has 0 aliphatic rings. The average Bonchev–Trinajstić information content (AvgIpc) is 3.14. The van der Waals surface area contributed by atoms with Gasteiger partial charge in [0.05, 0.1) is 32.7 Å². The van der Waals surface area contributed by atoms with E-state index in [0.717, 1.165) is 0 Å². The fraction of sp³-hybridized carbons (Fsp3) is 0.300. The van der Waals surface area contributed by atoms with Crippen LogP contribution in [0, 0.1) is 6.92 Å². The Morgan fingerprint density at radius 1 is 1.10 bits per heavy atom. The second-order valence-corrected chi connectivity index (χ2v) is 5.97. The Hall–Kier alpha value is -3.62. The highest BCUT2D eigenvalue weighted by Crippen LogP contribution is 2.25. The maximum atomic E-state index is 12.6. The molecule has 0 fully saturated rings. The monoisotopic (exact) mass is 398 g/mol. The average molecular weight is 398 g/mol. The third-order valence-corrected chi connectivity index (χ3v) is 4.21. The SMILES string of the molecule is CCOc1ccc(-n2ncc(C(=O)OCc3cc(OC)ccc3OC)c2C)nn1. The van der Waals surface area contributed by atoms with Gasteiger partial charge in [0.15, 0.2) is 5.82 Å². The highest BCUT2D eigenvalue weighted by Gasteiger charge is 2.18. The molecule has 29 heavy (non-hydrogen) atoms. The van der Waals surface area contributed by atoms with E-state index < -0.39 is 5.97 Å². The maximum Gasteiger partial charge on any atom is 0.341 e. The summed E-state index contributed by atoms with van der Waals surface area (Å²) >= 11 is 0. The summed E-state index contributed by atoms with van der Waals surface area (Å²) in [5, 5.41) is 12.3. The van der Waals surface area contributed by atoms with E-state index in [-0.39, 0.29) is 6.61 Å². The van der Waals surface area contributed by atoms with Gasteiger partial charge in [0, 0.05) is 11.6 Å². The van der Waals surface area contributed by atoms with Crippen LogP contribution in [0.4, 0.5) is 0 Å². The molecule has 0 spiro atoms. The molecule has 152 valence electrons. The number of benzene rings is 1. The van der Waals surface area contributed by atoms with Crippen LogP contribution in [0.5, 0.6) is 17.4 Å². The molecule has 9 heteroatoms. The van der Waals surface area contributed by atoms with Crippen molar-refractivity contribution < 1.29 is 23.7 Å². The van der Waals surface area contributed by atoms with Crippen LogP contribution in [0.1, 0.15) is 28.5 Å². The van der Waals surface area contributed by atoms with E-state index in [0.29, 0.717) is 46.6 Å². The highest BCUT2D eigenvalue weighted by atomic mass is 16.5. The van der Waals surface area contributed by atoms with Crippen LogP contribution < -0.4 is 14.2 Å². The minimum atomic E-state index is -0.502. The summed E-state index contributed by atoms with van der Waals surface area (Å²) in [5.74, 6) is 1.65. The minimum absolute atomic E-state index is 0.0344. The predicted molar refractivity (Wildman–Crippen MR) is 104 cm³/mol. The zero-order valence-electron chi connectivity index (χ0n) is 16.7. The maximum absolute atomic E-state index is 12.6. The lowest BCUT2D eigenvalue weighted by atomic mass is 10.2. The summed E-state index contributed by atoms with van der Waals surface area (Å²) < 4.78 is 22.8. The molecule has 0 saturated heterocycles. The third-order valence-electron chi connectivity index (χ3n) is 4.21. The number of ether oxygens (including phenoxy) is 4. The largest absolute Gasteiger partial charge is 0.497 e. The van der Waals surface area contributed by atoms with Gasteiger partial charge < -0.3 is 18.9 Å². The zero-order chi connectivity index (χ0) is 20.8. The highest BCUT2D eigenvalue weighted by molar-refractivity contribution is 5.90. The lowest BCUT2D eigenvalue weighted by molar-refractivity contribution is 0.0469. The fourth-order valence-corrected chi connectivity index (χ4v) is 2.71. The predicted octanol–water partition coefficient (Wildman–Crippen LogP) is 2.74. The van der Waals surface area contributed by atoms with Crippen molar-refractivity contribution in [3.05, 3.63) is 53.3 Å². The molecule has 9 nitrogen and oxygen atoms in total. The van der Waals surface area contributed by atoms with Gasteiger partial charge in [-0.1, -0.05) is 0 Å². The van der Waals surface area contributed by atoms with E-state index in [1.54, 1.807) is 51.5 Å². The zero-order valence-corrected chi connectivity index (χ0v) is 16.7. The molecule has 3 aromatic rings. The first-order valence-corrected chi connectivity index (χ1v) is 8.97. The van der Waals surface area contributed by atoms with Gasteiger partial charge in [-0.25, -0.2) is 9.48 Å². The summed E-state index contributed by atoms with van der Waals surface area (Å²) in [6.07, 6.45) is 1.44. The van der Waals surface area contributed by atoms with E-state index in [1.165, 1.54) is 10.9 Å². The first-order valence-electron chi connectivity index (χ1n) is 8.97. The standard InChI is InChI=1S/C20H22N4O5/c1-5-28-19-9-8-18(22-23-19)24-13(2)16(11-21-24)20(25)29-12-14-10-15(26-3)6-7-17(14)27-4/h6-11H,5,12H2,1-4H3. The van der Waals surface area contributed by atoms with Gasteiger partial charge in [-0.05, 0) is 38.1 Å². The van der Waals surface area contributed by atoms with Crippen molar-refractivity contribution in [1.29, 1.82) is 0 Å². The first kappa shape index (κ1) is 20.1. The Morgan fingerprint density at radius 3 is 2.59 bits per heavy atom. The van der Waals surface area contributed by atoms with Gasteiger partial charge >= 0.3 is 5.97 Å². The van der Waals surface area contributed by atoms with E-state index in [1.807, 2.05) is 6.92 Å². The molecule has 0 radical (unpaired) electrons. The molecule has 0 N–H and O–H groups in total. The van der Waals surface area contributed by atoms with Crippen LogP contribution >= 0.6 is 0 Å². The number of hydrogen-bond donors (Lipinski definition) is 0. The lowest BCUT2D eigenvalue weighted by Gasteiger charge is -2.11. The quantitative estimate of drug-likeness (QED) is 0.534. The van der Waals surface area contributed by atoms with Crippen LogP contribution in [0.2, 0.25) is 0 Å². The molecule has 0 aliphatic heterocycles. The number of aromatic nitrogens is 4. The van der Waals surface area contributed by atoms with Gasteiger partial charge in [-0.3, -0.25) is 0 Å². The second-order valence-electron chi connectivity index (χ2n) is 5.97. The smallest absolute Gasteiger partial charge is 0.341 e. The van der Waals surface area contributed by atoms with Crippen LogP contribution in [-0.4, -0.2) is 46.8 Å². The summed E-state index contributed by atoms with van der Waals surface area (Å²) in [6.45, 7) is 4.16. The second kappa shape index (κ2) is 9.05. The Bertz CT molecular complexity index is 985. The fourth-order valence-electron chi connectivity index (χ4n) is 2.71. The number of esters is 1.